The monoisotopic (exact) mass is 494 g/mol. The highest BCUT2D eigenvalue weighted by molar-refractivity contribution is 14.1. The van der Waals surface area contributed by atoms with Gasteiger partial charge in [0.15, 0.2) is 0 Å². The molecule has 0 aliphatic heterocycles. The molecular formula is C23H47IOSi. The van der Waals surface area contributed by atoms with Crippen molar-refractivity contribution >= 4 is 27.4 Å². The molecule has 26 heavy (non-hydrogen) atoms. The van der Waals surface area contributed by atoms with Crippen molar-refractivity contribution in [2.75, 3.05) is 13.2 Å². The molecule has 0 amide bonds. The molecule has 0 aromatic heterocycles. The summed E-state index contributed by atoms with van der Waals surface area (Å²) < 4.78 is 5.53. The van der Waals surface area contributed by atoms with Crippen LogP contribution >= 0.6 is 21.8 Å². The molecule has 3 heteroatoms. The summed E-state index contributed by atoms with van der Waals surface area (Å²) >= 11 is 2.71. The summed E-state index contributed by atoms with van der Waals surface area (Å²) in [5.74, 6) is 0. The molecule has 0 aromatic rings. The second-order valence-corrected chi connectivity index (χ2v) is 21.5. The summed E-state index contributed by atoms with van der Waals surface area (Å²) in [6.45, 7) is 12.5. The van der Waals surface area contributed by atoms with Crippen LogP contribution in [0.1, 0.15) is 103 Å². The van der Waals surface area contributed by atoms with Gasteiger partial charge in [0.1, 0.15) is 5.57 Å². The van der Waals surface area contributed by atoms with Gasteiger partial charge in [0, 0.05) is 6.61 Å². The van der Waals surface area contributed by atoms with E-state index in [1.54, 1.807) is 0 Å². The minimum Gasteiger partial charge on any atom is -0.377 e. The third-order valence-electron chi connectivity index (χ3n) is 4.91. The van der Waals surface area contributed by atoms with Crippen molar-refractivity contribution in [1.29, 1.82) is 0 Å². The Hall–Kier alpha value is 0.647. The summed E-state index contributed by atoms with van der Waals surface area (Å²) in [7, 11) is 0. The summed E-state index contributed by atoms with van der Waals surface area (Å²) in [4.78, 5) is 0. The summed E-state index contributed by atoms with van der Waals surface area (Å²) in [6.07, 6.45) is 21.4. The standard InChI is InChI=1S/C23H47IOSi/c1-23(2)22-25-20-18-16-14-12-10-8-6-5-7-9-11-13-15-17-19-21-26(3,4)24/h1,5-22H2,2-4H3. The van der Waals surface area contributed by atoms with Gasteiger partial charge in [-0.3, -0.25) is 0 Å². The van der Waals surface area contributed by atoms with Crippen LogP contribution in [0.25, 0.3) is 0 Å². The van der Waals surface area contributed by atoms with Gasteiger partial charge >= 0.3 is 0 Å². The zero-order valence-corrected chi connectivity index (χ0v) is 21.4. The van der Waals surface area contributed by atoms with Crippen LogP contribution in [0, 0.1) is 0 Å². The highest BCUT2D eigenvalue weighted by Crippen LogP contribution is 2.22. The fourth-order valence-corrected chi connectivity index (χ4v) is 5.53. The predicted molar refractivity (Wildman–Crippen MR) is 131 cm³/mol. The minimum atomic E-state index is -0.810. The van der Waals surface area contributed by atoms with Gasteiger partial charge in [-0.05, 0) is 19.4 Å². The molecule has 156 valence electrons. The molecule has 0 unspecified atom stereocenters. The molecule has 0 aliphatic rings. The third-order valence-corrected chi connectivity index (χ3v) is 8.07. The molecule has 0 saturated heterocycles. The summed E-state index contributed by atoms with van der Waals surface area (Å²) in [5, 5.41) is 0. The smallest absolute Gasteiger partial charge is 0.119 e. The van der Waals surface area contributed by atoms with E-state index < -0.39 is 5.57 Å². The molecule has 0 radical (unpaired) electrons. The molecule has 0 atom stereocenters. The second-order valence-electron chi connectivity index (χ2n) is 8.78. The molecule has 0 saturated carbocycles. The first-order valence-electron chi connectivity index (χ1n) is 11.3. The predicted octanol–water partition coefficient (Wildman–Crippen LogP) is 9.07. The molecule has 0 fully saturated rings. The lowest BCUT2D eigenvalue weighted by Gasteiger charge is -2.12. The van der Waals surface area contributed by atoms with Crippen molar-refractivity contribution in [3.05, 3.63) is 12.2 Å². The fourth-order valence-electron chi connectivity index (χ4n) is 3.29. The Morgan fingerprint density at radius 1 is 0.692 bits per heavy atom. The maximum atomic E-state index is 5.53. The molecular weight excluding hydrogens is 447 g/mol. The topological polar surface area (TPSA) is 9.23 Å². The Balaban J connectivity index is 3.04. The summed E-state index contributed by atoms with van der Waals surface area (Å²) in [5.41, 5.74) is 0.317. The van der Waals surface area contributed by atoms with E-state index in [1.807, 2.05) is 6.92 Å². The van der Waals surface area contributed by atoms with E-state index in [1.165, 1.54) is 102 Å². The minimum absolute atomic E-state index is 0.734. The van der Waals surface area contributed by atoms with E-state index in [4.69, 9.17) is 4.74 Å². The third kappa shape index (κ3) is 24.6. The quantitative estimate of drug-likeness (QED) is 0.0539. The van der Waals surface area contributed by atoms with Crippen LogP contribution in [0.2, 0.25) is 19.1 Å². The Bertz CT molecular complexity index is 312. The summed E-state index contributed by atoms with van der Waals surface area (Å²) in [6, 6.07) is 1.51. The van der Waals surface area contributed by atoms with Crippen molar-refractivity contribution in [1.82, 2.24) is 0 Å². The van der Waals surface area contributed by atoms with E-state index in [2.05, 4.69) is 41.5 Å². The SMILES string of the molecule is C=C(C)COCCCCCCCCCCCCCCCCC[Si](C)(C)I. The lowest BCUT2D eigenvalue weighted by Crippen LogP contribution is -2.13. The first-order valence-corrected chi connectivity index (χ1v) is 17.6. The van der Waals surface area contributed by atoms with Gasteiger partial charge < -0.3 is 4.74 Å². The molecule has 0 N–H and O–H groups in total. The molecule has 1 nitrogen and oxygen atoms in total. The first-order chi connectivity index (χ1) is 12.4. The van der Waals surface area contributed by atoms with Crippen molar-refractivity contribution in [2.45, 2.75) is 122 Å². The average Bonchev–Trinajstić information content (AvgIpc) is 2.55. The number of hydrogen-bond acceptors (Lipinski definition) is 1. The van der Waals surface area contributed by atoms with Gasteiger partial charge in [0.2, 0.25) is 0 Å². The van der Waals surface area contributed by atoms with E-state index in [0.717, 1.165) is 18.8 Å². The average molecular weight is 495 g/mol. The zero-order chi connectivity index (χ0) is 19.5. The molecule has 0 spiro atoms. The highest BCUT2D eigenvalue weighted by Gasteiger charge is 2.14. The van der Waals surface area contributed by atoms with Gasteiger partial charge in [-0.25, -0.2) is 0 Å². The zero-order valence-electron chi connectivity index (χ0n) is 18.2. The largest absolute Gasteiger partial charge is 0.377 e. The van der Waals surface area contributed by atoms with Crippen molar-refractivity contribution in [2.24, 2.45) is 0 Å². The number of rotatable bonds is 20. The van der Waals surface area contributed by atoms with Crippen LogP contribution in [0.15, 0.2) is 12.2 Å². The highest BCUT2D eigenvalue weighted by atomic mass is 127. The van der Waals surface area contributed by atoms with Gasteiger partial charge in [0.25, 0.3) is 0 Å². The molecule has 0 rings (SSSR count). The van der Waals surface area contributed by atoms with Gasteiger partial charge in [0.05, 0.1) is 6.61 Å². The van der Waals surface area contributed by atoms with Crippen molar-refractivity contribution in [3.8, 4) is 0 Å². The molecule has 0 aliphatic carbocycles. The normalized spacial score (nSPS) is 11.8. The van der Waals surface area contributed by atoms with Gasteiger partial charge in [-0.1, -0.05) is 115 Å². The second kappa shape index (κ2) is 19.0. The lowest BCUT2D eigenvalue weighted by molar-refractivity contribution is 0.151. The molecule has 0 heterocycles. The first kappa shape index (κ1) is 26.6. The van der Waals surface area contributed by atoms with E-state index >= 15 is 0 Å². The van der Waals surface area contributed by atoms with Crippen molar-refractivity contribution in [3.63, 3.8) is 0 Å². The Morgan fingerprint density at radius 2 is 1.04 bits per heavy atom. The van der Waals surface area contributed by atoms with Crippen LogP contribution < -0.4 is 0 Å². The Kier molecular flexibility index (Phi) is 19.5. The van der Waals surface area contributed by atoms with Gasteiger partial charge in [-0.2, -0.15) is 0 Å². The lowest BCUT2D eigenvalue weighted by atomic mass is 10.0. The van der Waals surface area contributed by atoms with Crippen LogP contribution in [-0.4, -0.2) is 18.8 Å². The van der Waals surface area contributed by atoms with E-state index in [-0.39, 0.29) is 0 Å². The number of halogens is 1. The molecule has 0 bridgehead atoms. The van der Waals surface area contributed by atoms with Crippen LogP contribution in [0.5, 0.6) is 0 Å². The fraction of sp³-hybridized carbons (Fsp3) is 0.913. The number of ether oxygens (including phenoxy) is 1. The van der Waals surface area contributed by atoms with Gasteiger partial charge in [-0.15, -0.1) is 21.8 Å². The van der Waals surface area contributed by atoms with E-state index in [0.29, 0.717) is 0 Å². The maximum absolute atomic E-state index is 5.53. The molecule has 0 aromatic carbocycles. The van der Waals surface area contributed by atoms with Crippen LogP contribution in [0.4, 0.5) is 0 Å². The Morgan fingerprint density at radius 3 is 1.38 bits per heavy atom. The van der Waals surface area contributed by atoms with Crippen LogP contribution in [-0.2, 0) is 4.74 Å². The maximum Gasteiger partial charge on any atom is 0.119 e. The number of unbranched alkanes of at least 4 members (excludes halogenated alkanes) is 14. The van der Waals surface area contributed by atoms with Crippen molar-refractivity contribution < 1.29 is 4.74 Å². The Labute approximate surface area is 179 Å². The van der Waals surface area contributed by atoms with E-state index in [9.17, 15) is 0 Å². The number of hydrogen-bond donors (Lipinski definition) is 0. The van der Waals surface area contributed by atoms with Crippen LogP contribution in [0.3, 0.4) is 0 Å².